The average Bonchev–Trinajstić information content (AvgIpc) is 2.60. The van der Waals surface area contributed by atoms with Crippen molar-refractivity contribution < 1.29 is 18.7 Å². The zero-order valence-corrected chi connectivity index (χ0v) is 14.6. The molecule has 0 saturated carbocycles. The number of hydrogen-bond donors (Lipinski definition) is 1. The van der Waals surface area contributed by atoms with Crippen LogP contribution in [-0.4, -0.2) is 25.7 Å². The highest BCUT2D eigenvalue weighted by Gasteiger charge is 2.25. The summed E-state index contributed by atoms with van der Waals surface area (Å²) in [5, 5.41) is 3.98. The molecule has 0 saturated heterocycles. The SMILES string of the molecule is CCOC(=O)COc1ccc(Cl)cc1C1NCCc2cc(F)ccc21. The molecule has 1 N–H and O–H groups in total. The molecule has 2 aromatic carbocycles. The number of carbonyl (C=O) groups excluding carboxylic acids is 1. The van der Waals surface area contributed by atoms with Gasteiger partial charge in [0.05, 0.1) is 12.6 Å². The highest BCUT2D eigenvalue weighted by atomic mass is 35.5. The molecule has 25 heavy (non-hydrogen) atoms. The summed E-state index contributed by atoms with van der Waals surface area (Å²) >= 11 is 6.17. The van der Waals surface area contributed by atoms with E-state index in [1.807, 2.05) is 0 Å². The van der Waals surface area contributed by atoms with Gasteiger partial charge in [0.25, 0.3) is 0 Å². The van der Waals surface area contributed by atoms with Crippen LogP contribution in [0.2, 0.25) is 5.02 Å². The molecule has 2 aromatic rings. The van der Waals surface area contributed by atoms with Crippen LogP contribution in [0.1, 0.15) is 29.7 Å². The number of carbonyl (C=O) groups is 1. The Morgan fingerprint density at radius 3 is 2.92 bits per heavy atom. The van der Waals surface area contributed by atoms with Crippen LogP contribution >= 0.6 is 11.6 Å². The molecule has 6 heteroatoms. The molecule has 0 aliphatic carbocycles. The highest BCUT2D eigenvalue weighted by Crippen LogP contribution is 2.36. The third-order valence-corrected chi connectivity index (χ3v) is 4.33. The summed E-state index contributed by atoms with van der Waals surface area (Å²) in [6.45, 7) is 2.59. The fraction of sp³-hybridized carbons (Fsp3) is 0.316. The average molecular weight is 364 g/mol. The largest absolute Gasteiger partial charge is 0.482 e. The van der Waals surface area contributed by atoms with Crippen LogP contribution < -0.4 is 10.1 Å². The molecule has 0 spiro atoms. The minimum absolute atomic E-state index is 0.175. The van der Waals surface area contributed by atoms with E-state index in [-0.39, 0.29) is 18.5 Å². The van der Waals surface area contributed by atoms with Gasteiger partial charge in [-0.25, -0.2) is 9.18 Å². The summed E-state index contributed by atoms with van der Waals surface area (Å²) in [7, 11) is 0. The van der Waals surface area contributed by atoms with E-state index in [1.54, 1.807) is 37.3 Å². The van der Waals surface area contributed by atoms with E-state index in [4.69, 9.17) is 21.1 Å². The lowest BCUT2D eigenvalue weighted by atomic mass is 9.89. The Kier molecular flexibility index (Phi) is 5.56. The molecule has 0 radical (unpaired) electrons. The molecular weight excluding hydrogens is 345 g/mol. The van der Waals surface area contributed by atoms with Crippen molar-refractivity contribution in [3.63, 3.8) is 0 Å². The van der Waals surface area contributed by atoms with Crippen molar-refractivity contribution >= 4 is 17.6 Å². The summed E-state index contributed by atoms with van der Waals surface area (Å²) in [4.78, 5) is 11.6. The van der Waals surface area contributed by atoms with Crippen molar-refractivity contribution in [3.05, 3.63) is 63.9 Å². The minimum atomic E-state index is -0.428. The number of hydrogen-bond acceptors (Lipinski definition) is 4. The second kappa shape index (κ2) is 7.85. The van der Waals surface area contributed by atoms with Gasteiger partial charge in [-0.15, -0.1) is 0 Å². The van der Waals surface area contributed by atoms with Gasteiger partial charge in [-0.3, -0.25) is 0 Å². The third kappa shape index (κ3) is 4.11. The van der Waals surface area contributed by atoms with E-state index in [0.717, 1.165) is 23.1 Å². The Labute approximate surface area is 150 Å². The Bertz CT molecular complexity index is 781. The Balaban J connectivity index is 1.92. The first kappa shape index (κ1) is 17.7. The van der Waals surface area contributed by atoms with Crippen molar-refractivity contribution in [1.29, 1.82) is 0 Å². The number of fused-ring (bicyclic) bond motifs is 1. The van der Waals surface area contributed by atoms with Crippen LogP contribution in [0, 0.1) is 5.82 Å². The summed E-state index contributed by atoms with van der Waals surface area (Å²) in [6.07, 6.45) is 0.753. The van der Waals surface area contributed by atoms with Crippen LogP contribution in [0.4, 0.5) is 4.39 Å². The molecule has 4 nitrogen and oxygen atoms in total. The zero-order valence-electron chi connectivity index (χ0n) is 13.9. The van der Waals surface area contributed by atoms with E-state index in [0.29, 0.717) is 23.9 Å². The number of benzene rings is 2. The van der Waals surface area contributed by atoms with E-state index < -0.39 is 5.97 Å². The fourth-order valence-electron chi connectivity index (χ4n) is 3.03. The zero-order chi connectivity index (χ0) is 17.8. The lowest BCUT2D eigenvalue weighted by Crippen LogP contribution is -2.31. The fourth-order valence-corrected chi connectivity index (χ4v) is 3.21. The molecule has 0 fully saturated rings. The van der Waals surface area contributed by atoms with Crippen LogP contribution in [0.3, 0.4) is 0 Å². The summed E-state index contributed by atoms with van der Waals surface area (Å²) < 4.78 is 24.1. The van der Waals surface area contributed by atoms with Crippen molar-refractivity contribution in [2.75, 3.05) is 19.8 Å². The van der Waals surface area contributed by atoms with Gasteiger partial charge in [-0.1, -0.05) is 17.7 Å². The van der Waals surface area contributed by atoms with Gasteiger partial charge in [-0.05, 0) is 54.8 Å². The molecule has 0 amide bonds. The first-order valence-corrected chi connectivity index (χ1v) is 8.56. The maximum atomic E-state index is 13.5. The van der Waals surface area contributed by atoms with E-state index in [9.17, 15) is 9.18 Å². The van der Waals surface area contributed by atoms with Gasteiger partial charge in [0, 0.05) is 17.1 Å². The van der Waals surface area contributed by atoms with Gasteiger partial charge in [0.15, 0.2) is 6.61 Å². The summed E-state index contributed by atoms with van der Waals surface area (Å²) in [6, 6.07) is 9.85. The molecule has 0 aromatic heterocycles. The van der Waals surface area contributed by atoms with E-state index in [2.05, 4.69) is 5.32 Å². The number of nitrogens with one attached hydrogen (secondary N) is 1. The second-order valence-electron chi connectivity index (χ2n) is 5.76. The topological polar surface area (TPSA) is 47.6 Å². The second-order valence-corrected chi connectivity index (χ2v) is 6.19. The monoisotopic (exact) mass is 363 g/mol. The number of ether oxygens (including phenoxy) is 2. The minimum Gasteiger partial charge on any atom is -0.482 e. The van der Waals surface area contributed by atoms with Crippen LogP contribution in [-0.2, 0) is 16.0 Å². The lowest BCUT2D eigenvalue weighted by Gasteiger charge is -2.28. The Hall–Kier alpha value is -2.11. The number of esters is 1. The lowest BCUT2D eigenvalue weighted by molar-refractivity contribution is -0.145. The summed E-state index contributed by atoms with van der Waals surface area (Å²) in [5.41, 5.74) is 2.75. The molecule has 1 aliphatic rings. The van der Waals surface area contributed by atoms with E-state index in [1.165, 1.54) is 6.07 Å². The van der Waals surface area contributed by atoms with Gasteiger partial charge in [0.2, 0.25) is 0 Å². The summed E-state index contributed by atoms with van der Waals surface area (Å²) in [5.74, 6) is -0.126. The highest BCUT2D eigenvalue weighted by molar-refractivity contribution is 6.30. The van der Waals surface area contributed by atoms with Gasteiger partial charge in [-0.2, -0.15) is 0 Å². The van der Waals surface area contributed by atoms with Crippen molar-refractivity contribution in [3.8, 4) is 5.75 Å². The molecular formula is C19H19ClFNO3. The van der Waals surface area contributed by atoms with Gasteiger partial charge < -0.3 is 14.8 Å². The first-order chi connectivity index (χ1) is 12.1. The van der Waals surface area contributed by atoms with Gasteiger partial charge >= 0.3 is 5.97 Å². The van der Waals surface area contributed by atoms with E-state index >= 15 is 0 Å². The van der Waals surface area contributed by atoms with Crippen molar-refractivity contribution in [2.45, 2.75) is 19.4 Å². The molecule has 1 unspecified atom stereocenters. The Morgan fingerprint density at radius 2 is 2.12 bits per heavy atom. The standard InChI is InChI=1S/C19H19ClFNO3/c1-2-24-18(23)11-25-17-6-3-13(20)10-16(17)19-15-5-4-14(21)9-12(15)7-8-22-19/h3-6,9-10,19,22H,2,7-8,11H2,1H3. The van der Waals surface area contributed by atoms with Crippen LogP contribution in [0.25, 0.3) is 0 Å². The molecule has 1 heterocycles. The predicted molar refractivity (Wildman–Crippen MR) is 93.5 cm³/mol. The molecule has 132 valence electrons. The number of rotatable bonds is 5. The van der Waals surface area contributed by atoms with Crippen molar-refractivity contribution in [2.24, 2.45) is 0 Å². The molecule has 0 bridgehead atoms. The van der Waals surface area contributed by atoms with Crippen LogP contribution in [0.5, 0.6) is 5.75 Å². The molecule has 1 aliphatic heterocycles. The smallest absolute Gasteiger partial charge is 0.344 e. The van der Waals surface area contributed by atoms with Gasteiger partial charge in [0.1, 0.15) is 11.6 Å². The predicted octanol–water partition coefficient (Wildman–Crippen LogP) is 3.66. The first-order valence-electron chi connectivity index (χ1n) is 8.18. The van der Waals surface area contributed by atoms with Crippen LogP contribution in [0.15, 0.2) is 36.4 Å². The van der Waals surface area contributed by atoms with Crippen molar-refractivity contribution in [1.82, 2.24) is 5.32 Å². The third-order valence-electron chi connectivity index (χ3n) is 4.09. The quantitative estimate of drug-likeness (QED) is 0.824. The maximum absolute atomic E-state index is 13.5. The Morgan fingerprint density at radius 1 is 1.28 bits per heavy atom. The maximum Gasteiger partial charge on any atom is 0.344 e. The molecule has 1 atom stereocenters. The number of halogens is 2. The molecule has 3 rings (SSSR count). The normalized spacial score (nSPS) is 16.2.